The Morgan fingerprint density at radius 2 is 1.93 bits per heavy atom. The fourth-order valence-corrected chi connectivity index (χ4v) is 5.12. The maximum absolute atomic E-state index is 13.2. The number of anilines is 2. The summed E-state index contributed by atoms with van der Waals surface area (Å²) in [5, 5.41) is 3.79. The largest absolute Gasteiger partial charge is 0.322 e. The molecule has 0 bridgehead atoms. The number of hydrogen-bond acceptors (Lipinski definition) is 4. The fraction of sp³-hybridized carbons (Fsp3) is 0.304. The summed E-state index contributed by atoms with van der Waals surface area (Å²) in [5.41, 5.74) is 4.60. The van der Waals surface area contributed by atoms with E-state index in [9.17, 15) is 13.2 Å². The number of aryl methyl sites for hydroxylation is 1. The molecule has 0 unspecified atom stereocenters. The van der Waals surface area contributed by atoms with Crippen LogP contribution in [0, 0.1) is 0 Å². The lowest BCUT2D eigenvalue weighted by atomic mass is 10.0. The number of sulfonamides is 1. The zero-order valence-corrected chi connectivity index (χ0v) is 17.6. The molecule has 0 spiro atoms. The fourth-order valence-electron chi connectivity index (χ4n) is 4.13. The van der Waals surface area contributed by atoms with E-state index in [1.54, 1.807) is 6.07 Å². The number of fused-ring (bicyclic) bond motifs is 2. The van der Waals surface area contributed by atoms with Crippen molar-refractivity contribution in [2.24, 2.45) is 0 Å². The highest BCUT2D eigenvalue weighted by Crippen LogP contribution is 2.40. The Kier molecular flexibility index (Phi) is 4.50. The minimum Gasteiger partial charge on any atom is -0.322 e. The average Bonchev–Trinajstić information content (AvgIpc) is 3.57. The summed E-state index contributed by atoms with van der Waals surface area (Å²) in [5.74, 6) is 0.227. The SMILES string of the molecule is CS(=O)(=O)N1CCCc2ccc(NC(=O)c3cc(C4CC4)nc4ccccc34)cc21. The van der Waals surface area contributed by atoms with Gasteiger partial charge in [-0.25, -0.2) is 8.42 Å². The van der Waals surface area contributed by atoms with Crippen molar-refractivity contribution in [2.75, 3.05) is 22.4 Å². The number of para-hydroxylation sites is 1. The Morgan fingerprint density at radius 1 is 1.13 bits per heavy atom. The van der Waals surface area contributed by atoms with Crippen LogP contribution in [0.2, 0.25) is 0 Å². The molecule has 1 aromatic heterocycles. The zero-order chi connectivity index (χ0) is 20.9. The number of pyridine rings is 1. The van der Waals surface area contributed by atoms with Gasteiger partial charge in [-0.05, 0) is 55.5 Å². The van der Waals surface area contributed by atoms with Crippen LogP contribution < -0.4 is 9.62 Å². The lowest BCUT2D eigenvalue weighted by Gasteiger charge is -2.29. The molecule has 2 heterocycles. The van der Waals surface area contributed by atoms with Crippen LogP contribution >= 0.6 is 0 Å². The lowest BCUT2D eigenvalue weighted by molar-refractivity contribution is 0.102. The number of nitrogens with one attached hydrogen (secondary N) is 1. The molecule has 0 atom stereocenters. The van der Waals surface area contributed by atoms with Crippen LogP contribution in [0.3, 0.4) is 0 Å². The number of benzene rings is 2. The first-order valence-electron chi connectivity index (χ1n) is 10.2. The molecule has 0 saturated heterocycles. The van der Waals surface area contributed by atoms with Gasteiger partial charge >= 0.3 is 0 Å². The van der Waals surface area contributed by atoms with E-state index in [4.69, 9.17) is 4.98 Å². The quantitative estimate of drug-likeness (QED) is 0.689. The maximum atomic E-state index is 13.2. The summed E-state index contributed by atoms with van der Waals surface area (Å²) in [7, 11) is -3.36. The van der Waals surface area contributed by atoms with Crippen molar-refractivity contribution in [3.8, 4) is 0 Å². The molecule has 1 N–H and O–H groups in total. The molecule has 154 valence electrons. The number of rotatable bonds is 4. The Morgan fingerprint density at radius 3 is 2.70 bits per heavy atom. The van der Waals surface area contributed by atoms with Gasteiger partial charge in [-0.2, -0.15) is 0 Å². The minimum absolute atomic E-state index is 0.211. The van der Waals surface area contributed by atoms with Crippen LogP contribution in [0.25, 0.3) is 10.9 Å². The third-order valence-corrected chi connectivity index (χ3v) is 6.98. The summed E-state index contributed by atoms with van der Waals surface area (Å²) < 4.78 is 25.8. The molecule has 6 nitrogen and oxygen atoms in total. The van der Waals surface area contributed by atoms with E-state index in [0.29, 0.717) is 29.4 Å². The van der Waals surface area contributed by atoms with Crippen molar-refractivity contribution in [3.63, 3.8) is 0 Å². The molecule has 1 saturated carbocycles. The topological polar surface area (TPSA) is 79.4 Å². The summed E-state index contributed by atoms with van der Waals surface area (Å²) in [6.45, 7) is 0.461. The molecule has 30 heavy (non-hydrogen) atoms. The summed E-state index contributed by atoms with van der Waals surface area (Å²) in [4.78, 5) is 17.9. The molecule has 7 heteroatoms. The van der Waals surface area contributed by atoms with Gasteiger partial charge in [0.15, 0.2) is 0 Å². The van der Waals surface area contributed by atoms with Gasteiger partial charge in [0.05, 0.1) is 23.0 Å². The monoisotopic (exact) mass is 421 g/mol. The van der Waals surface area contributed by atoms with Gasteiger partial charge < -0.3 is 5.32 Å². The number of aromatic nitrogens is 1. The van der Waals surface area contributed by atoms with Gasteiger partial charge in [0.1, 0.15) is 0 Å². The second-order valence-corrected chi connectivity index (χ2v) is 10.0. The van der Waals surface area contributed by atoms with Gasteiger partial charge in [-0.3, -0.25) is 14.1 Å². The van der Waals surface area contributed by atoms with Crippen molar-refractivity contribution in [2.45, 2.75) is 31.6 Å². The van der Waals surface area contributed by atoms with Crippen LogP contribution in [0.4, 0.5) is 11.4 Å². The van der Waals surface area contributed by atoms with Gasteiger partial charge in [0, 0.05) is 29.2 Å². The number of nitrogens with zero attached hydrogens (tertiary/aromatic N) is 2. The summed E-state index contributed by atoms with van der Waals surface area (Å²) >= 11 is 0. The number of carbonyl (C=O) groups is 1. The highest BCUT2D eigenvalue weighted by Gasteiger charge is 2.27. The molecule has 1 aliphatic heterocycles. The molecular weight excluding hydrogens is 398 g/mol. The molecule has 0 radical (unpaired) electrons. The van der Waals surface area contributed by atoms with Crippen LogP contribution in [-0.4, -0.2) is 32.1 Å². The highest BCUT2D eigenvalue weighted by molar-refractivity contribution is 7.92. The van der Waals surface area contributed by atoms with E-state index in [0.717, 1.165) is 47.8 Å². The Bertz CT molecular complexity index is 1270. The van der Waals surface area contributed by atoms with E-state index >= 15 is 0 Å². The molecule has 2 aromatic carbocycles. The number of amides is 1. The van der Waals surface area contributed by atoms with Crippen molar-refractivity contribution in [1.29, 1.82) is 0 Å². The molecule has 1 fully saturated rings. The lowest BCUT2D eigenvalue weighted by Crippen LogP contribution is -2.34. The third kappa shape index (κ3) is 3.54. The van der Waals surface area contributed by atoms with E-state index in [1.165, 1.54) is 10.6 Å². The van der Waals surface area contributed by atoms with Crippen molar-refractivity contribution < 1.29 is 13.2 Å². The maximum Gasteiger partial charge on any atom is 0.256 e. The standard InChI is InChI=1S/C23H23N3O3S/c1-30(28,29)26-12-4-5-16-10-11-17(13-22(16)26)24-23(27)19-14-21(15-8-9-15)25-20-7-3-2-6-18(19)20/h2-3,6-7,10-11,13-15H,4-5,8-9,12H2,1H3,(H,24,27). The van der Waals surface area contributed by atoms with Crippen molar-refractivity contribution in [3.05, 3.63) is 65.4 Å². The first kappa shape index (κ1) is 19.1. The molecular formula is C23H23N3O3S. The van der Waals surface area contributed by atoms with E-state index < -0.39 is 10.0 Å². The number of carbonyl (C=O) groups excluding carboxylic acids is 1. The number of hydrogen-bond donors (Lipinski definition) is 1. The predicted molar refractivity (Wildman–Crippen MR) is 119 cm³/mol. The molecule has 5 rings (SSSR count). The van der Waals surface area contributed by atoms with Gasteiger partial charge in [-0.1, -0.05) is 24.3 Å². The van der Waals surface area contributed by atoms with E-state index in [-0.39, 0.29) is 5.91 Å². The highest BCUT2D eigenvalue weighted by atomic mass is 32.2. The molecule has 3 aromatic rings. The van der Waals surface area contributed by atoms with E-state index in [2.05, 4.69) is 5.32 Å². The van der Waals surface area contributed by atoms with Gasteiger partial charge in [0.2, 0.25) is 10.0 Å². The van der Waals surface area contributed by atoms with Crippen LogP contribution in [0.1, 0.15) is 46.8 Å². The summed E-state index contributed by atoms with van der Waals surface area (Å²) in [6, 6.07) is 15.1. The first-order chi connectivity index (χ1) is 14.4. The average molecular weight is 422 g/mol. The second kappa shape index (κ2) is 7.09. The molecule has 1 aliphatic carbocycles. The molecule has 2 aliphatic rings. The van der Waals surface area contributed by atoms with E-state index in [1.807, 2.05) is 42.5 Å². The van der Waals surface area contributed by atoms with Crippen LogP contribution in [0.15, 0.2) is 48.5 Å². The zero-order valence-electron chi connectivity index (χ0n) is 16.8. The first-order valence-corrected chi connectivity index (χ1v) is 12.1. The van der Waals surface area contributed by atoms with Crippen LogP contribution in [-0.2, 0) is 16.4 Å². The minimum atomic E-state index is -3.36. The van der Waals surface area contributed by atoms with Crippen LogP contribution in [0.5, 0.6) is 0 Å². The van der Waals surface area contributed by atoms with Gasteiger partial charge in [-0.15, -0.1) is 0 Å². The molecule has 1 amide bonds. The third-order valence-electron chi connectivity index (χ3n) is 5.80. The summed E-state index contributed by atoms with van der Waals surface area (Å²) in [6.07, 6.45) is 5.06. The van der Waals surface area contributed by atoms with Gasteiger partial charge in [0.25, 0.3) is 5.91 Å². The Labute approximate surface area is 176 Å². The second-order valence-electron chi connectivity index (χ2n) is 8.12. The Balaban J connectivity index is 1.51. The Hall–Kier alpha value is -2.93. The van der Waals surface area contributed by atoms with Crippen molar-refractivity contribution >= 4 is 38.2 Å². The predicted octanol–water partition coefficient (Wildman–Crippen LogP) is 4.08. The van der Waals surface area contributed by atoms with Crippen molar-refractivity contribution in [1.82, 2.24) is 4.98 Å². The smallest absolute Gasteiger partial charge is 0.256 e. The normalized spacial score (nSPS) is 16.4.